The Morgan fingerprint density at radius 1 is 1.45 bits per heavy atom. The van der Waals surface area contributed by atoms with Gasteiger partial charge in [0, 0.05) is 26.2 Å². The van der Waals surface area contributed by atoms with E-state index in [1.165, 1.54) is 6.92 Å². The Kier molecular flexibility index (Phi) is 5.11. The Morgan fingerprint density at radius 2 is 2.14 bits per heavy atom. The van der Waals surface area contributed by atoms with Crippen LogP contribution in [0, 0.1) is 35.0 Å². The summed E-state index contributed by atoms with van der Waals surface area (Å²) in [5, 5.41) is 9.04. The Balaban J connectivity index is 2.46. The molecule has 0 aromatic heterocycles. The number of nitriles is 1. The number of hydrogen-bond acceptors (Lipinski definition) is 5. The maximum atomic E-state index is 11.6. The number of carbonyl (C=O) groups is 1. The van der Waals surface area contributed by atoms with Crippen LogP contribution in [0.15, 0.2) is 0 Å². The van der Waals surface area contributed by atoms with Gasteiger partial charge >= 0.3 is 5.97 Å². The average Bonchev–Trinajstić information content (AvgIpc) is 2.90. The Bertz CT molecular complexity index is 498. The maximum Gasteiger partial charge on any atom is 0.302 e. The van der Waals surface area contributed by atoms with Crippen molar-refractivity contribution in [2.75, 3.05) is 13.2 Å². The number of nitrogens with zero attached hydrogens (tertiary/aromatic N) is 1. The van der Waals surface area contributed by atoms with E-state index in [9.17, 15) is 4.79 Å². The first-order valence-corrected chi connectivity index (χ1v) is 7.75. The van der Waals surface area contributed by atoms with Gasteiger partial charge < -0.3 is 14.2 Å². The zero-order valence-corrected chi connectivity index (χ0v) is 13.3. The minimum absolute atomic E-state index is 0.287. The van der Waals surface area contributed by atoms with Crippen molar-refractivity contribution in [3.8, 4) is 18.4 Å². The summed E-state index contributed by atoms with van der Waals surface area (Å²) in [6.45, 7) is 4.48. The van der Waals surface area contributed by atoms with E-state index in [1.54, 1.807) is 0 Å². The van der Waals surface area contributed by atoms with Crippen LogP contribution in [-0.2, 0) is 19.0 Å². The van der Waals surface area contributed by atoms with Crippen molar-refractivity contribution < 1.29 is 19.0 Å². The van der Waals surface area contributed by atoms with Crippen molar-refractivity contribution in [2.24, 2.45) is 11.3 Å². The lowest BCUT2D eigenvalue weighted by Gasteiger charge is -2.54. The average molecular weight is 305 g/mol. The number of rotatable bonds is 4. The molecule has 0 radical (unpaired) electrons. The highest BCUT2D eigenvalue weighted by Crippen LogP contribution is 2.56. The fourth-order valence-corrected chi connectivity index (χ4v) is 3.95. The van der Waals surface area contributed by atoms with Gasteiger partial charge in [-0.05, 0) is 18.8 Å². The molecule has 5 heteroatoms. The van der Waals surface area contributed by atoms with Crippen LogP contribution in [0.1, 0.15) is 46.0 Å². The Labute approximate surface area is 131 Å². The van der Waals surface area contributed by atoms with Gasteiger partial charge in [-0.1, -0.05) is 6.92 Å². The molecule has 3 atom stereocenters. The second-order valence-corrected chi connectivity index (χ2v) is 6.29. The van der Waals surface area contributed by atoms with Crippen molar-refractivity contribution in [2.45, 2.75) is 57.8 Å². The summed E-state index contributed by atoms with van der Waals surface area (Å²) in [5.41, 5.74) is -0.661. The lowest BCUT2D eigenvalue weighted by molar-refractivity contribution is -0.295. The minimum Gasteiger partial charge on any atom is -0.462 e. The van der Waals surface area contributed by atoms with Crippen molar-refractivity contribution >= 4 is 5.97 Å². The standard InChI is InChI=1S/C17H23NO4/c1-4-6-16(7-5-8-18)15(22-14(3)19)11-13(2)12-17(16)20-9-10-21-17/h1,13,15H,5-7,9-12H2,2-3H3. The van der Waals surface area contributed by atoms with Crippen LogP contribution in [0.3, 0.4) is 0 Å². The van der Waals surface area contributed by atoms with Gasteiger partial charge in [-0.15, -0.1) is 12.3 Å². The predicted octanol–water partition coefficient (Wildman–Crippen LogP) is 2.40. The third-order valence-electron chi connectivity index (χ3n) is 4.77. The van der Waals surface area contributed by atoms with E-state index in [4.69, 9.17) is 25.9 Å². The molecule has 0 N–H and O–H groups in total. The van der Waals surface area contributed by atoms with Gasteiger partial charge in [-0.25, -0.2) is 0 Å². The molecule has 0 bridgehead atoms. The lowest BCUT2D eigenvalue weighted by atomic mass is 9.60. The largest absolute Gasteiger partial charge is 0.462 e. The molecule has 2 fully saturated rings. The van der Waals surface area contributed by atoms with Crippen LogP contribution >= 0.6 is 0 Å². The highest BCUT2D eigenvalue weighted by atomic mass is 16.7. The molecule has 1 saturated heterocycles. The molecule has 1 aliphatic carbocycles. The van der Waals surface area contributed by atoms with E-state index in [1.807, 2.05) is 0 Å². The van der Waals surface area contributed by atoms with Crippen LogP contribution in [0.2, 0.25) is 0 Å². The number of ether oxygens (including phenoxy) is 3. The third-order valence-corrected chi connectivity index (χ3v) is 4.77. The molecule has 2 aliphatic rings. The lowest BCUT2D eigenvalue weighted by Crippen LogP contribution is -2.61. The SMILES string of the molecule is C#CCC1(CCC#N)C(OC(C)=O)CC(C)CC12OCCO2. The molecule has 3 unspecified atom stereocenters. The number of esters is 1. The fraction of sp³-hybridized carbons (Fsp3) is 0.765. The van der Waals surface area contributed by atoms with Crippen LogP contribution < -0.4 is 0 Å². The fourth-order valence-electron chi connectivity index (χ4n) is 3.95. The molecule has 22 heavy (non-hydrogen) atoms. The van der Waals surface area contributed by atoms with Gasteiger partial charge in [0.15, 0.2) is 5.79 Å². The van der Waals surface area contributed by atoms with Crippen molar-refractivity contribution in [3.05, 3.63) is 0 Å². The summed E-state index contributed by atoms with van der Waals surface area (Å²) in [5.74, 6) is 1.79. The van der Waals surface area contributed by atoms with Gasteiger partial charge in [-0.2, -0.15) is 5.26 Å². The Hall–Kier alpha value is -1.56. The molecule has 1 aliphatic heterocycles. The van der Waals surface area contributed by atoms with Crippen molar-refractivity contribution in [1.29, 1.82) is 5.26 Å². The molecule has 1 heterocycles. The van der Waals surface area contributed by atoms with Crippen molar-refractivity contribution in [1.82, 2.24) is 0 Å². The van der Waals surface area contributed by atoms with E-state index in [0.29, 0.717) is 45.3 Å². The van der Waals surface area contributed by atoms with Gasteiger partial charge in [-0.3, -0.25) is 4.79 Å². The summed E-state index contributed by atoms with van der Waals surface area (Å²) < 4.78 is 17.6. The van der Waals surface area contributed by atoms with E-state index in [2.05, 4.69) is 18.9 Å². The van der Waals surface area contributed by atoms with Crippen LogP contribution in [0.25, 0.3) is 0 Å². The third kappa shape index (κ3) is 2.84. The smallest absolute Gasteiger partial charge is 0.302 e. The van der Waals surface area contributed by atoms with E-state index < -0.39 is 17.3 Å². The molecular weight excluding hydrogens is 282 g/mol. The van der Waals surface area contributed by atoms with Crippen LogP contribution in [-0.4, -0.2) is 31.1 Å². The Morgan fingerprint density at radius 3 is 2.68 bits per heavy atom. The van der Waals surface area contributed by atoms with Gasteiger partial charge in [0.05, 0.1) is 24.7 Å². The highest BCUT2D eigenvalue weighted by Gasteiger charge is 2.63. The van der Waals surface area contributed by atoms with E-state index >= 15 is 0 Å². The first kappa shape index (κ1) is 16.8. The van der Waals surface area contributed by atoms with Crippen LogP contribution in [0.4, 0.5) is 0 Å². The summed E-state index contributed by atoms with van der Waals surface area (Å²) in [6, 6.07) is 2.17. The monoisotopic (exact) mass is 305 g/mol. The maximum absolute atomic E-state index is 11.6. The second-order valence-electron chi connectivity index (χ2n) is 6.29. The number of hydrogen-bond donors (Lipinski definition) is 0. The molecule has 120 valence electrons. The molecule has 0 aromatic rings. The summed E-state index contributed by atoms with van der Waals surface area (Å²) in [6.07, 6.45) is 7.81. The summed E-state index contributed by atoms with van der Waals surface area (Å²) in [4.78, 5) is 11.6. The van der Waals surface area contributed by atoms with Gasteiger partial charge in [0.25, 0.3) is 0 Å². The number of carbonyl (C=O) groups excluding carboxylic acids is 1. The van der Waals surface area contributed by atoms with Crippen molar-refractivity contribution in [3.63, 3.8) is 0 Å². The molecule has 1 saturated carbocycles. The zero-order valence-electron chi connectivity index (χ0n) is 13.3. The van der Waals surface area contributed by atoms with E-state index in [-0.39, 0.29) is 11.9 Å². The van der Waals surface area contributed by atoms with Gasteiger partial charge in [0.1, 0.15) is 6.10 Å². The minimum atomic E-state index is -0.853. The van der Waals surface area contributed by atoms with E-state index in [0.717, 1.165) is 0 Å². The zero-order chi connectivity index (χ0) is 16.2. The molecule has 5 nitrogen and oxygen atoms in total. The predicted molar refractivity (Wildman–Crippen MR) is 79.3 cm³/mol. The normalized spacial score (nSPS) is 33.1. The molecule has 0 aromatic carbocycles. The molecular formula is C17H23NO4. The second kappa shape index (κ2) is 6.69. The molecule has 0 amide bonds. The highest BCUT2D eigenvalue weighted by molar-refractivity contribution is 5.66. The topological polar surface area (TPSA) is 68.5 Å². The van der Waals surface area contributed by atoms with Crippen LogP contribution in [0.5, 0.6) is 0 Å². The summed E-state index contributed by atoms with van der Waals surface area (Å²) >= 11 is 0. The molecule has 1 spiro atoms. The first-order valence-electron chi connectivity index (χ1n) is 7.75. The molecule has 2 rings (SSSR count). The van der Waals surface area contributed by atoms with Gasteiger partial charge in [0.2, 0.25) is 0 Å². The summed E-state index contributed by atoms with van der Waals surface area (Å²) in [7, 11) is 0. The quantitative estimate of drug-likeness (QED) is 0.589. The number of terminal acetylenes is 1. The first-order chi connectivity index (χ1) is 10.5.